The fraction of sp³-hybridized carbons (Fsp3) is 0.880. The lowest BCUT2D eigenvalue weighted by atomic mass is 9.48. The third-order valence-corrected chi connectivity index (χ3v) is 10.3. The van der Waals surface area contributed by atoms with Gasteiger partial charge < -0.3 is 0 Å². The Hall–Kier alpha value is -1.19. The second-order valence-corrected chi connectivity index (χ2v) is 11.5. The number of fused-ring (bicyclic) bond motifs is 5. The third kappa shape index (κ3) is 3.03. The van der Waals surface area contributed by atoms with Crippen LogP contribution in [0.2, 0.25) is 0 Å². The van der Waals surface area contributed by atoms with Crippen molar-refractivity contribution < 1.29 is 4.79 Å². The largest absolute Gasteiger partial charge is 0.297 e. The van der Waals surface area contributed by atoms with Gasteiger partial charge >= 0.3 is 0 Å². The molecule has 0 saturated heterocycles. The Morgan fingerprint density at radius 1 is 0.966 bits per heavy atom. The first-order valence-electron chi connectivity index (χ1n) is 12.3. The summed E-state index contributed by atoms with van der Waals surface area (Å²) in [6, 6.07) is 0. The quantitative estimate of drug-likeness (QED) is 0.700. The average molecular weight is 398 g/mol. The first kappa shape index (κ1) is 19.8. The van der Waals surface area contributed by atoms with Gasteiger partial charge in [0.25, 0.3) is 0 Å². The van der Waals surface area contributed by atoms with Crippen LogP contribution in [0.1, 0.15) is 72.6 Å². The Balaban J connectivity index is 1.40. The Labute approximate surface area is 176 Å². The van der Waals surface area contributed by atoms with Gasteiger partial charge in [0.15, 0.2) is 5.78 Å². The Kier molecular flexibility index (Phi) is 4.90. The van der Waals surface area contributed by atoms with Crippen LogP contribution in [0.15, 0.2) is 12.4 Å². The number of carbonyl (C=O) groups excluding carboxylic acids is 1. The van der Waals surface area contributed by atoms with Crippen LogP contribution >= 0.6 is 0 Å². The zero-order chi connectivity index (χ0) is 20.3. The molecule has 4 aliphatic rings. The molecule has 0 bridgehead atoms. The van der Waals surface area contributed by atoms with Gasteiger partial charge in [0.2, 0.25) is 0 Å². The van der Waals surface area contributed by atoms with E-state index in [0.717, 1.165) is 35.5 Å². The molecule has 4 aliphatic carbocycles. The summed E-state index contributed by atoms with van der Waals surface area (Å²) in [6.07, 6.45) is 13.2. The van der Waals surface area contributed by atoms with Crippen molar-refractivity contribution in [3.63, 3.8) is 0 Å². The molecule has 10 atom stereocenters. The molecule has 29 heavy (non-hydrogen) atoms. The monoisotopic (exact) mass is 397 g/mol. The van der Waals surface area contributed by atoms with Gasteiger partial charge in [0.1, 0.15) is 6.54 Å². The highest BCUT2D eigenvalue weighted by molar-refractivity contribution is 5.82. The zero-order valence-corrected chi connectivity index (χ0v) is 18.8. The maximum absolute atomic E-state index is 13.5. The number of hydrogen-bond donors (Lipinski definition) is 0. The van der Waals surface area contributed by atoms with Crippen LogP contribution in [0.5, 0.6) is 0 Å². The highest BCUT2D eigenvalue weighted by Gasteiger charge is 2.63. The van der Waals surface area contributed by atoms with Gasteiger partial charge in [0, 0.05) is 5.92 Å². The van der Waals surface area contributed by atoms with E-state index in [2.05, 4.69) is 37.9 Å². The van der Waals surface area contributed by atoms with E-state index in [0.29, 0.717) is 24.2 Å². The molecule has 4 nitrogen and oxygen atoms in total. The summed E-state index contributed by atoms with van der Waals surface area (Å²) < 4.78 is 0. The fourth-order valence-corrected chi connectivity index (χ4v) is 9.17. The van der Waals surface area contributed by atoms with Gasteiger partial charge in [-0.3, -0.25) is 4.79 Å². The first-order chi connectivity index (χ1) is 13.9. The lowest BCUT2D eigenvalue weighted by Gasteiger charge is -2.56. The molecule has 5 rings (SSSR count). The van der Waals surface area contributed by atoms with Crippen molar-refractivity contribution in [3.05, 3.63) is 12.4 Å². The molecule has 160 valence electrons. The van der Waals surface area contributed by atoms with E-state index in [1.165, 1.54) is 44.9 Å². The second-order valence-electron chi connectivity index (χ2n) is 11.5. The van der Waals surface area contributed by atoms with Crippen molar-refractivity contribution >= 4 is 5.78 Å². The molecule has 4 fully saturated rings. The summed E-state index contributed by atoms with van der Waals surface area (Å²) in [4.78, 5) is 15.0. The molecule has 1 aromatic heterocycles. The van der Waals surface area contributed by atoms with Crippen LogP contribution in [0.25, 0.3) is 0 Å². The minimum atomic E-state index is 0.165. The van der Waals surface area contributed by atoms with Gasteiger partial charge in [-0.1, -0.05) is 34.1 Å². The number of nitrogens with zero attached hydrogens (tertiary/aromatic N) is 3. The van der Waals surface area contributed by atoms with Crippen LogP contribution in [0.3, 0.4) is 0 Å². The molecule has 0 N–H and O–H groups in total. The molecular formula is C25H39N3O. The van der Waals surface area contributed by atoms with Gasteiger partial charge in [-0.25, -0.2) is 0 Å². The Bertz CT molecular complexity index is 745. The van der Waals surface area contributed by atoms with Crippen molar-refractivity contribution in [2.75, 3.05) is 0 Å². The minimum absolute atomic E-state index is 0.165. The predicted molar refractivity (Wildman–Crippen MR) is 114 cm³/mol. The van der Waals surface area contributed by atoms with Crippen LogP contribution in [-0.4, -0.2) is 20.8 Å². The number of Topliss-reactive ketones (excluding diaryl/α,β-unsaturated/α-hetero) is 1. The number of aromatic nitrogens is 3. The predicted octanol–water partition coefficient (Wildman–Crippen LogP) is 5.24. The number of rotatable bonds is 3. The summed E-state index contributed by atoms with van der Waals surface area (Å²) >= 11 is 0. The highest BCUT2D eigenvalue weighted by Crippen LogP contribution is 2.67. The van der Waals surface area contributed by atoms with Crippen molar-refractivity contribution in [1.82, 2.24) is 15.0 Å². The van der Waals surface area contributed by atoms with Crippen LogP contribution < -0.4 is 0 Å². The van der Waals surface area contributed by atoms with E-state index in [1.54, 1.807) is 17.2 Å². The van der Waals surface area contributed by atoms with E-state index >= 15 is 0 Å². The zero-order valence-electron chi connectivity index (χ0n) is 18.8. The fourth-order valence-electron chi connectivity index (χ4n) is 9.17. The summed E-state index contributed by atoms with van der Waals surface area (Å²) in [5.74, 6) is 7.03. The molecule has 9 unspecified atom stereocenters. The van der Waals surface area contributed by atoms with E-state index in [-0.39, 0.29) is 11.3 Å². The lowest BCUT2D eigenvalue weighted by Crippen LogP contribution is -2.50. The summed E-state index contributed by atoms with van der Waals surface area (Å²) in [7, 11) is 0. The van der Waals surface area contributed by atoms with Gasteiger partial charge in [-0.05, 0) is 91.3 Å². The average Bonchev–Trinajstić information content (AvgIpc) is 3.26. The van der Waals surface area contributed by atoms with Gasteiger partial charge in [0.05, 0.1) is 12.4 Å². The van der Waals surface area contributed by atoms with Crippen molar-refractivity contribution in [1.29, 1.82) is 0 Å². The molecule has 0 aliphatic heterocycles. The van der Waals surface area contributed by atoms with Crippen LogP contribution in [0, 0.1) is 58.7 Å². The molecule has 0 radical (unpaired) electrons. The van der Waals surface area contributed by atoms with E-state index in [4.69, 9.17) is 0 Å². The molecule has 0 amide bonds. The number of carbonyl (C=O) groups is 1. The number of ketones is 1. The van der Waals surface area contributed by atoms with Crippen molar-refractivity contribution in [2.24, 2.45) is 58.7 Å². The third-order valence-electron chi connectivity index (χ3n) is 10.3. The summed E-state index contributed by atoms with van der Waals surface area (Å²) in [6.45, 7) is 10.1. The van der Waals surface area contributed by atoms with Crippen molar-refractivity contribution in [3.8, 4) is 0 Å². The van der Waals surface area contributed by atoms with E-state index in [9.17, 15) is 4.79 Å². The summed E-state index contributed by atoms with van der Waals surface area (Å²) in [5, 5.41) is 8.40. The molecule has 4 saturated carbocycles. The smallest absolute Gasteiger partial charge is 0.160 e. The van der Waals surface area contributed by atoms with Crippen molar-refractivity contribution in [2.45, 2.75) is 79.2 Å². The Morgan fingerprint density at radius 3 is 2.45 bits per heavy atom. The molecule has 0 spiro atoms. The van der Waals surface area contributed by atoms with Crippen LogP contribution in [0.4, 0.5) is 0 Å². The normalized spacial score (nSPS) is 49.2. The van der Waals surface area contributed by atoms with E-state index in [1.807, 2.05) is 0 Å². The molecule has 4 heteroatoms. The number of hydrogen-bond acceptors (Lipinski definition) is 3. The molecule has 0 aromatic carbocycles. The summed E-state index contributed by atoms with van der Waals surface area (Å²) in [5.41, 5.74) is 0.166. The SMILES string of the molecule is CC1CCC2C(CCC3C2CCC2(C)C(C(=O)Cn4nccn4)C(C)[C@@H](C)C32)C1. The maximum atomic E-state index is 13.5. The van der Waals surface area contributed by atoms with Crippen LogP contribution in [-0.2, 0) is 11.3 Å². The highest BCUT2D eigenvalue weighted by atomic mass is 16.1. The Morgan fingerprint density at radius 2 is 1.69 bits per heavy atom. The standard InChI is InChI=1S/C25H39N3O/c1-15-5-7-19-18(13-15)6-8-21-20(19)9-10-25(4)23(21)16(2)17(3)24(25)22(29)14-28-26-11-12-27-28/h11-12,15-21,23-24H,5-10,13-14H2,1-4H3/t15?,16-,17?,18?,19?,20?,21?,23?,24?,25?/m1/s1. The molecule has 1 heterocycles. The second kappa shape index (κ2) is 7.20. The first-order valence-corrected chi connectivity index (χ1v) is 12.3. The van der Waals surface area contributed by atoms with Gasteiger partial charge in [-0.2, -0.15) is 15.0 Å². The topological polar surface area (TPSA) is 47.8 Å². The maximum Gasteiger partial charge on any atom is 0.160 e. The van der Waals surface area contributed by atoms with E-state index < -0.39 is 0 Å². The minimum Gasteiger partial charge on any atom is -0.297 e. The molecular weight excluding hydrogens is 358 g/mol. The lowest BCUT2D eigenvalue weighted by molar-refractivity contribution is -0.132. The molecule has 1 aromatic rings. The van der Waals surface area contributed by atoms with Gasteiger partial charge in [-0.15, -0.1) is 0 Å².